The van der Waals surface area contributed by atoms with Gasteiger partial charge < -0.3 is 0 Å². The molecule has 0 spiro atoms. The zero-order valence-corrected chi connectivity index (χ0v) is 9.09. The highest BCUT2D eigenvalue weighted by molar-refractivity contribution is 5.38. The van der Waals surface area contributed by atoms with Crippen molar-refractivity contribution >= 4 is 0 Å². The van der Waals surface area contributed by atoms with Crippen molar-refractivity contribution in [1.82, 2.24) is 0 Å². The summed E-state index contributed by atoms with van der Waals surface area (Å²) in [5.41, 5.74) is 2.92. The lowest BCUT2D eigenvalue weighted by atomic mass is 9.31. The average molecular weight is 186 g/mol. The first-order valence-electron chi connectivity index (χ1n) is 5.73. The SMILES string of the molecule is CC(C)C12CC(c3ccccc3)(C1)C2. The normalized spacial score (nSPS) is 39.1. The molecule has 0 aliphatic heterocycles. The molecular weight excluding hydrogens is 168 g/mol. The smallest absolute Gasteiger partial charge is 0.00308 e. The van der Waals surface area contributed by atoms with Crippen LogP contribution in [0.4, 0.5) is 0 Å². The van der Waals surface area contributed by atoms with Crippen molar-refractivity contribution in [3.63, 3.8) is 0 Å². The molecule has 3 aliphatic rings. The van der Waals surface area contributed by atoms with Crippen LogP contribution in [0.25, 0.3) is 0 Å². The molecule has 14 heavy (non-hydrogen) atoms. The molecule has 0 amide bonds. The van der Waals surface area contributed by atoms with E-state index in [9.17, 15) is 0 Å². The molecule has 0 aromatic heterocycles. The average Bonchev–Trinajstić information content (AvgIpc) is 2.00. The van der Waals surface area contributed by atoms with Gasteiger partial charge in [-0.3, -0.25) is 0 Å². The number of benzene rings is 1. The van der Waals surface area contributed by atoms with Crippen LogP contribution in [0, 0.1) is 11.3 Å². The van der Waals surface area contributed by atoms with Crippen molar-refractivity contribution in [3.8, 4) is 0 Å². The molecule has 0 unspecified atom stereocenters. The van der Waals surface area contributed by atoms with E-state index in [1.807, 2.05) is 0 Å². The van der Waals surface area contributed by atoms with E-state index in [-0.39, 0.29) is 0 Å². The van der Waals surface area contributed by atoms with E-state index in [2.05, 4.69) is 44.2 Å². The van der Waals surface area contributed by atoms with Crippen LogP contribution >= 0.6 is 0 Å². The molecule has 0 nitrogen and oxygen atoms in total. The standard InChI is InChI=1S/C14H18/c1-11(2)13-8-14(9-13,10-13)12-6-4-3-5-7-12/h3-7,11H,8-10H2,1-2H3. The van der Waals surface area contributed by atoms with Crippen molar-refractivity contribution in [2.24, 2.45) is 11.3 Å². The third-order valence-corrected chi connectivity index (χ3v) is 4.68. The topological polar surface area (TPSA) is 0 Å². The highest BCUT2D eigenvalue weighted by Crippen LogP contribution is 2.76. The Hall–Kier alpha value is -0.780. The molecule has 2 bridgehead atoms. The minimum atomic E-state index is 0.603. The molecular formula is C14H18. The van der Waals surface area contributed by atoms with Crippen LogP contribution in [0.1, 0.15) is 38.7 Å². The van der Waals surface area contributed by atoms with Gasteiger partial charge in [0.25, 0.3) is 0 Å². The first-order chi connectivity index (χ1) is 6.67. The van der Waals surface area contributed by atoms with E-state index in [1.54, 1.807) is 5.56 Å². The van der Waals surface area contributed by atoms with Crippen molar-refractivity contribution in [2.45, 2.75) is 38.5 Å². The molecule has 3 aliphatic carbocycles. The van der Waals surface area contributed by atoms with E-state index in [1.165, 1.54) is 19.3 Å². The molecule has 0 atom stereocenters. The Morgan fingerprint density at radius 1 is 1.00 bits per heavy atom. The van der Waals surface area contributed by atoms with Gasteiger partial charge in [-0.2, -0.15) is 0 Å². The maximum Gasteiger partial charge on any atom is -0.00308 e. The summed E-state index contributed by atoms with van der Waals surface area (Å²) < 4.78 is 0. The number of hydrogen-bond donors (Lipinski definition) is 0. The van der Waals surface area contributed by atoms with Crippen LogP contribution in [-0.2, 0) is 5.41 Å². The fourth-order valence-corrected chi connectivity index (χ4v) is 3.58. The van der Waals surface area contributed by atoms with Crippen LogP contribution in [-0.4, -0.2) is 0 Å². The summed E-state index contributed by atoms with van der Waals surface area (Å²) in [6.07, 6.45) is 4.34. The van der Waals surface area contributed by atoms with Crippen molar-refractivity contribution in [2.75, 3.05) is 0 Å². The third kappa shape index (κ3) is 0.846. The van der Waals surface area contributed by atoms with Gasteiger partial charge in [0, 0.05) is 0 Å². The summed E-state index contributed by atoms with van der Waals surface area (Å²) >= 11 is 0. The molecule has 0 N–H and O–H groups in total. The fourth-order valence-electron chi connectivity index (χ4n) is 3.58. The molecule has 0 radical (unpaired) electrons. The second-order valence-electron chi connectivity index (χ2n) is 5.69. The third-order valence-electron chi connectivity index (χ3n) is 4.68. The van der Waals surface area contributed by atoms with Crippen LogP contribution in [0.5, 0.6) is 0 Å². The Bertz CT molecular complexity index is 328. The lowest BCUT2D eigenvalue weighted by molar-refractivity contribution is -0.172. The summed E-state index contributed by atoms with van der Waals surface area (Å²) in [7, 11) is 0. The maximum atomic E-state index is 2.38. The molecule has 4 rings (SSSR count). The number of hydrogen-bond acceptors (Lipinski definition) is 0. The minimum Gasteiger partial charge on any atom is -0.0622 e. The fraction of sp³-hybridized carbons (Fsp3) is 0.571. The number of rotatable bonds is 2. The zero-order chi connectivity index (χ0) is 9.81. The molecule has 1 aromatic rings. The molecule has 3 fully saturated rings. The van der Waals surface area contributed by atoms with Crippen molar-refractivity contribution in [3.05, 3.63) is 35.9 Å². The monoisotopic (exact) mass is 186 g/mol. The Morgan fingerprint density at radius 3 is 2.07 bits per heavy atom. The molecule has 74 valence electrons. The maximum absolute atomic E-state index is 2.38. The molecule has 0 saturated heterocycles. The van der Waals surface area contributed by atoms with Gasteiger partial charge in [-0.1, -0.05) is 44.2 Å². The van der Waals surface area contributed by atoms with Crippen molar-refractivity contribution in [1.29, 1.82) is 0 Å². The first-order valence-corrected chi connectivity index (χ1v) is 5.73. The van der Waals surface area contributed by atoms with Gasteiger partial charge in [0.15, 0.2) is 0 Å². The van der Waals surface area contributed by atoms with Crippen LogP contribution in [0.2, 0.25) is 0 Å². The lowest BCUT2D eigenvalue weighted by Gasteiger charge is -2.73. The molecule has 0 heteroatoms. The lowest BCUT2D eigenvalue weighted by Crippen LogP contribution is -2.66. The van der Waals surface area contributed by atoms with E-state index in [0.29, 0.717) is 5.41 Å². The van der Waals surface area contributed by atoms with E-state index >= 15 is 0 Å². The second-order valence-corrected chi connectivity index (χ2v) is 5.69. The summed E-state index contributed by atoms with van der Waals surface area (Å²) in [5.74, 6) is 0.882. The molecule has 3 saturated carbocycles. The van der Waals surface area contributed by atoms with E-state index in [0.717, 1.165) is 11.3 Å². The summed E-state index contributed by atoms with van der Waals surface area (Å²) in [5, 5.41) is 0. The van der Waals surface area contributed by atoms with Gasteiger partial charge in [-0.05, 0) is 41.6 Å². The summed E-state index contributed by atoms with van der Waals surface area (Å²) in [6, 6.07) is 11.1. The highest BCUT2D eigenvalue weighted by Gasteiger charge is 2.68. The van der Waals surface area contributed by atoms with Crippen LogP contribution in [0.15, 0.2) is 30.3 Å². The highest BCUT2D eigenvalue weighted by atomic mass is 14.7. The Labute approximate surface area is 86.3 Å². The van der Waals surface area contributed by atoms with Crippen LogP contribution < -0.4 is 0 Å². The molecule has 1 aromatic carbocycles. The van der Waals surface area contributed by atoms with Gasteiger partial charge in [-0.25, -0.2) is 0 Å². The Kier molecular flexibility index (Phi) is 1.47. The van der Waals surface area contributed by atoms with Crippen molar-refractivity contribution < 1.29 is 0 Å². The van der Waals surface area contributed by atoms with Gasteiger partial charge in [-0.15, -0.1) is 0 Å². The van der Waals surface area contributed by atoms with Gasteiger partial charge in [0.1, 0.15) is 0 Å². The Balaban J connectivity index is 1.82. The van der Waals surface area contributed by atoms with Crippen LogP contribution in [0.3, 0.4) is 0 Å². The predicted octanol–water partition coefficient (Wildman–Crippen LogP) is 3.76. The predicted molar refractivity (Wildman–Crippen MR) is 59.2 cm³/mol. The quantitative estimate of drug-likeness (QED) is 0.659. The van der Waals surface area contributed by atoms with Gasteiger partial charge in [0.05, 0.1) is 0 Å². The van der Waals surface area contributed by atoms with E-state index in [4.69, 9.17) is 0 Å². The second kappa shape index (κ2) is 2.42. The van der Waals surface area contributed by atoms with Gasteiger partial charge >= 0.3 is 0 Å². The van der Waals surface area contributed by atoms with Gasteiger partial charge in [0.2, 0.25) is 0 Å². The first kappa shape index (κ1) is 8.52. The van der Waals surface area contributed by atoms with E-state index < -0.39 is 0 Å². The summed E-state index contributed by atoms with van der Waals surface area (Å²) in [6.45, 7) is 4.77. The largest absolute Gasteiger partial charge is 0.0622 e. The summed E-state index contributed by atoms with van der Waals surface area (Å²) in [4.78, 5) is 0. The molecule has 0 heterocycles. The Morgan fingerprint density at radius 2 is 1.57 bits per heavy atom. The minimum absolute atomic E-state index is 0.603. The zero-order valence-electron chi connectivity index (χ0n) is 9.09.